The maximum atomic E-state index is 5.86. The van der Waals surface area contributed by atoms with Crippen molar-refractivity contribution < 1.29 is 27.7 Å². The van der Waals surface area contributed by atoms with Gasteiger partial charge >= 0.3 is 27.7 Å². The van der Waals surface area contributed by atoms with Crippen LogP contribution in [-0.4, -0.2) is 25.5 Å². The fourth-order valence-electron chi connectivity index (χ4n) is 4.97. The molecular formula is C21H33ClO2PPd+. The van der Waals surface area contributed by atoms with Gasteiger partial charge in [-0.15, -0.1) is 0 Å². The van der Waals surface area contributed by atoms with Gasteiger partial charge in [-0.2, -0.15) is 6.66 Å². The van der Waals surface area contributed by atoms with Crippen LogP contribution in [0.3, 0.4) is 0 Å². The molecule has 0 bridgehead atoms. The Bertz CT molecular complexity index is 525. The molecule has 2 aliphatic carbocycles. The van der Waals surface area contributed by atoms with Crippen molar-refractivity contribution in [2.24, 2.45) is 0 Å². The van der Waals surface area contributed by atoms with Gasteiger partial charge in [-0.3, -0.25) is 0 Å². The number of halogens is 1. The van der Waals surface area contributed by atoms with Gasteiger partial charge in [0.2, 0.25) is 5.75 Å². The van der Waals surface area contributed by atoms with Crippen LogP contribution in [0.4, 0.5) is 0 Å². The molecule has 0 N–H and O–H groups in total. The minimum absolute atomic E-state index is 0.773. The molecule has 2 fully saturated rings. The van der Waals surface area contributed by atoms with Crippen molar-refractivity contribution in [3.63, 3.8) is 0 Å². The van der Waals surface area contributed by atoms with E-state index in [9.17, 15) is 0 Å². The van der Waals surface area contributed by atoms with Crippen LogP contribution in [0, 0.1) is 6.66 Å². The van der Waals surface area contributed by atoms with Crippen LogP contribution in [0.15, 0.2) is 18.2 Å². The summed E-state index contributed by atoms with van der Waals surface area (Å²) < 4.78 is 11.5. The molecule has 3 rings (SSSR count). The second kappa shape index (κ2) is 11.3. The molecule has 0 heterocycles. The summed E-state index contributed by atoms with van der Waals surface area (Å²) >= 11 is 2.22. The summed E-state index contributed by atoms with van der Waals surface area (Å²) in [4.78, 5) is 0. The van der Waals surface area contributed by atoms with Gasteiger partial charge in [0.05, 0.1) is 14.2 Å². The van der Waals surface area contributed by atoms with Gasteiger partial charge in [0.1, 0.15) is 5.30 Å². The molecule has 5 heteroatoms. The summed E-state index contributed by atoms with van der Waals surface area (Å²) in [6, 6.07) is 6.46. The molecule has 0 amide bonds. The molecule has 0 aliphatic heterocycles. The topological polar surface area (TPSA) is 18.5 Å². The average molecular weight is 490 g/mol. The number of para-hydroxylation sites is 1. The van der Waals surface area contributed by atoms with Crippen LogP contribution in [0.5, 0.6) is 11.5 Å². The summed E-state index contributed by atoms with van der Waals surface area (Å²) in [6.45, 7) is 5.05. The molecule has 0 saturated heterocycles. The van der Waals surface area contributed by atoms with E-state index in [-0.39, 0.29) is 0 Å². The SMILES string of the molecule is [CH2-][P+](c1cccc(OC)c1OC)(C1CCCCC1)C1CCCCC1.[Cl][Pd+]. The molecule has 26 heavy (non-hydrogen) atoms. The fourth-order valence-corrected chi connectivity index (χ4v) is 9.87. The van der Waals surface area contributed by atoms with E-state index in [0.29, 0.717) is 0 Å². The van der Waals surface area contributed by atoms with E-state index >= 15 is 0 Å². The minimum atomic E-state index is -1.52. The van der Waals surface area contributed by atoms with E-state index in [0.717, 1.165) is 22.8 Å². The molecule has 1 aromatic rings. The quantitative estimate of drug-likeness (QED) is 0.267. The van der Waals surface area contributed by atoms with Gasteiger partial charge in [-0.1, -0.05) is 26.2 Å². The van der Waals surface area contributed by atoms with E-state index < -0.39 is 7.26 Å². The second-order valence-corrected chi connectivity index (χ2v) is 11.3. The molecular weight excluding hydrogens is 457 g/mol. The molecule has 2 saturated carbocycles. The predicted molar refractivity (Wildman–Crippen MR) is 111 cm³/mol. The number of rotatable bonds is 5. The van der Waals surface area contributed by atoms with Crippen molar-refractivity contribution in [2.45, 2.75) is 75.5 Å². The van der Waals surface area contributed by atoms with Crippen molar-refractivity contribution in [3.8, 4) is 11.5 Å². The molecule has 0 radical (unpaired) electrons. The normalized spacial score (nSPS) is 19.5. The van der Waals surface area contributed by atoms with Crippen molar-refractivity contribution in [1.29, 1.82) is 0 Å². The first kappa shape index (κ1) is 22.5. The summed E-state index contributed by atoms with van der Waals surface area (Å²) in [5, 5.41) is 1.39. The Kier molecular flexibility index (Phi) is 9.74. The summed E-state index contributed by atoms with van der Waals surface area (Å²) in [7, 11) is 6.49. The fraction of sp³-hybridized carbons (Fsp3) is 0.667. The van der Waals surface area contributed by atoms with Crippen molar-refractivity contribution >= 4 is 22.1 Å². The summed E-state index contributed by atoms with van der Waals surface area (Å²) in [5.74, 6) is 1.83. The van der Waals surface area contributed by atoms with Gasteiger partial charge in [-0.05, 0) is 63.5 Å². The molecule has 0 atom stereocenters. The standard InChI is InChI=1S/C21H33O2P.ClH.Pd/c1-22-19-15-10-16-20(21(19)23-2)24(3,17-11-6-4-7-12-17)18-13-8-5-9-14-18;;/h10,15-18H,3-9,11-14H2,1-2H3;1H;/q;;+2/p-1. The van der Waals surface area contributed by atoms with Crippen molar-refractivity contribution in [2.75, 3.05) is 14.2 Å². The zero-order chi connectivity index (χ0) is 19.0. The summed E-state index contributed by atoms with van der Waals surface area (Å²) in [5.41, 5.74) is 1.55. The third kappa shape index (κ3) is 4.78. The van der Waals surface area contributed by atoms with E-state index in [4.69, 9.17) is 16.1 Å². The number of hydrogen-bond donors (Lipinski definition) is 0. The number of hydrogen-bond acceptors (Lipinski definition) is 2. The van der Waals surface area contributed by atoms with Crippen molar-refractivity contribution in [3.05, 3.63) is 24.9 Å². The molecule has 1 aromatic carbocycles. The van der Waals surface area contributed by atoms with Crippen LogP contribution in [0.2, 0.25) is 0 Å². The number of ether oxygens (including phenoxy) is 2. The Morgan fingerprint density at radius 3 is 1.81 bits per heavy atom. The first-order valence-corrected chi connectivity index (χ1v) is 13.9. The van der Waals surface area contributed by atoms with Gasteiger partial charge in [0, 0.05) is 11.3 Å². The first-order chi connectivity index (χ1) is 12.7. The molecule has 2 aliphatic rings. The Morgan fingerprint density at radius 2 is 1.38 bits per heavy atom. The van der Waals surface area contributed by atoms with Crippen molar-refractivity contribution in [1.82, 2.24) is 0 Å². The predicted octanol–water partition coefficient (Wildman–Crippen LogP) is 6.49. The van der Waals surface area contributed by atoms with Gasteiger partial charge < -0.3 is 9.47 Å². The molecule has 0 spiro atoms. The van der Waals surface area contributed by atoms with Crippen LogP contribution in [-0.2, 0) is 18.2 Å². The Balaban J connectivity index is 0.00000117. The van der Waals surface area contributed by atoms with Crippen LogP contribution in [0.25, 0.3) is 0 Å². The third-order valence-corrected chi connectivity index (χ3v) is 11.2. The van der Waals surface area contributed by atoms with E-state index in [2.05, 4.69) is 39.8 Å². The number of benzene rings is 1. The maximum absolute atomic E-state index is 5.86. The Hall–Kier alpha value is 0.202. The Labute approximate surface area is 175 Å². The van der Waals surface area contributed by atoms with Crippen LogP contribution in [0.1, 0.15) is 64.2 Å². The van der Waals surface area contributed by atoms with Crippen LogP contribution >= 0.6 is 16.8 Å². The van der Waals surface area contributed by atoms with E-state index in [1.165, 1.54) is 69.5 Å². The monoisotopic (exact) mass is 489 g/mol. The van der Waals surface area contributed by atoms with Gasteiger partial charge in [-0.25, -0.2) is 0 Å². The third-order valence-electron chi connectivity index (χ3n) is 6.28. The molecule has 2 nitrogen and oxygen atoms in total. The first-order valence-electron chi connectivity index (χ1n) is 9.78. The molecule has 0 unspecified atom stereocenters. The molecule has 150 valence electrons. The van der Waals surface area contributed by atoms with E-state index in [1.54, 1.807) is 14.2 Å². The average Bonchev–Trinajstić information content (AvgIpc) is 2.75. The Morgan fingerprint density at radius 1 is 0.885 bits per heavy atom. The summed E-state index contributed by atoms with van der Waals surface area (Å²) in [6.07, 6.45) is 13.7. The van der Waals surface area contributed by atoms with Crippen LogP contribution < -0.4 is 14.8 Å². The number of methoxy groups -OCH3 is 2. The van der Waals surface area contributed by atoms with E-state index in [1.807, 2.05) is 6.07 Å². The zero-order valence-corrected chi connectivity index (χ0v) is 19.3. The van der Waals surface area contributed by atoms with Gasteiger partial charge in [0.15, 0.2) is 5.75 Å². The van der Waals surface area contributed by atoms with Gasteiger partial charge in [0.25, 0.3) is 0 Å². The molecule has 0 aromatic heterocycles. The second-order valence-electron chi connectivity index (χ2n) is 7.53. The zero-order valence-electron chi connectivity index (χ0n) is 16.1.